The first kappa shape index (κ1) is 27.1. The van der Waals surface area contributed by atoms with Crippen LogP contribution in [-0.4, -0.2) is 32.7 Å². The summed E-state index contributed by atoms with van der Waals surface area (Å²) >= 11 is 0. The highest BCUT2D eigenvalue weighted by Gasteiger charge is 2.41. The molecule has 0 radical (unpaired) electrons. The maximum atomic E-state index is 9.30. The average molecular weight is 489 g/mol. The first-order valence-electron chi connectivity index (χ1n) is 12.4. The Balaban J connectivity index is 2.07. The Hall–Kier alpha value is -2.50. The molecular weight excluding hydrogens is 448 g/mol. The molecule has 0 aliphatic heterocycles. The Morgan fingerprint density at radius 3 is 1.54 bits per heavy atom. The third-order valence-corrected chi connectivity index (χ3v) is 11.5. The highest BCUT2D eigenvalue weighted by Crippen LogP contribution is 2.42. The van der Waals surface area contributed by atoms with Crippen LogP contribution in [0.4, 0.5) is 0 Å². The van der Waals surface area contributed by atoms with Crippen molar-refractivity contribution in [2.24, 2.45) is 0 Å². The fourth-order valence-electron chi connectivity index (χ4n) is 4.05. The Kier molecular flexibility index (Phi) is 9.25. The Morgan fingerprint density at radius 2 is 1.17 bits per heavy atom. The van der Waals surface area contributed by atoms with Gasteiger partial charge in [0.05, 0.1) is 19.3 Å². The van der Waals surface area contributed by atoms with Gasteiger partial charge in [-0.3, -0.25) is 0 Å². The third-order valence-electron chi connectivity index (χ3n) is 6.97. The minimum atomic E-state index is -2.04. The van der Waals surface area contributed by atoms with Gasteiger partial charge in [-0.25, -0.2) is 0 Å². The highest BCUT2D eigenvalue weighted by atomic mass is 28.4. The summed E-state index contributed by atoms with van der Waals surface area (Å²) in [7, 11) is -2.04. The van der Waals surface area contributed by atoms with Crippen molar-refractivity contribution in [1.82, 2.24) is 0 Å². The van der Waals surface area contributed by atoms with Crippen LogP contribution in [0, 0.1) is 0 Å². The standard InChI is InChI=1S/C31H40O3Si/c1-30(2,3)35(4,5)34-29(23-15-16-24-32)25-33-31(26-17-9-6-10-18-26,27-19-11-7-12-20-27)28-21-13-8-14-22-28/h6-22,29,32H,23-25H2,1-5H3/b16-15+/t29-/m0/s1. The monoisotopic (exact) mass is 488 g/mol. The molecule has 4 heteroatoms. The first-order chi connectivity index (χ1) is 16.7. The second-order valence-electron chi connectivity index (χ2n) is 10.5. The molecule has 3 nitrogen and oxygen atoms in total. The summed E-state index contributed by atoms with van der Waals surface area (Å²) in [5.74, 6) is 0. The number of benzene rings is 3. The molecule has 1 atom stereocenters. The van der Waals surface area contributed by atoms with Crippen LogP contribution in [0.1, 0.15) is 43.9 Å². The zero-order valence-corrected chi connectivity index (χ0v) is 22.8. The lowest BCUT2D eigenvalue weighted by molar-refractivity contribution is -0.0330. The number of aliphatic hydroxyl groups is 1. The van der Waals surface area contributed by atoms with E-state index >= 15 is 0 Å². The molecule has 0 spiro atoms. The van der Waals surface area contributed by atoms with Crippen molar-refractivity contribution in [3.63, 3.8) is 0 Å². The van der Waals surface area contributed by atoms with E-state index in [1.165, 1.54) is 0 Å². The maximum Gasteiger partial charge on any atom is 0.192 e. The van der Waals surface area contributed by atoms with Crippen LogP contribution in [0.2, 0.25) is 18.1 Å². The van der Waals surface area contributed by atoms with Crippen molar-refractivity contribution in [2.75, 3.05) is 13.2 Å². The molecule has 186 valence electrons. The summed E-state index contributed by atoms with van der Waals surface area (Å²) in [6.07, 6.45) is 4.33. The van der Waals surface area contributed by atoms with Gasteiger partial charge in [-0.2, -0.15) is 0 Å². The second-order valence-corrected chi connectivity index (χ2v) is 15.2. The SMILES string of the molecule is CC(C)(C)[Si](C)(C)O[C@@H](C/C=C/CO)COC(c1ccccc1)(c1ccccc1)c1ccccc1. The summed E-state index contributed by atoms with van der Waals surface area (Å²) in [4.78, 5) is 0. The second kappa shape index (κ2) is 12.0. The van der Waals surface area contributed by atoms with Crippen LogP contribution in [0.25, 0.3) is 0 Å². The van der Waals surface area contributed by atoms with E-state index in [1.54, 1.807) is 6.08 Å². The summed E-state index contributed by atoms with van der Waals surface area (Å²) in [6, 6.07) is 31.3. The van der Waals surface area contributed by atoms with Crippen molar-refractivity contribution >= 4 is 8.32 Å². The Morgan fingerprint density at radius 1 is 0.743 bits per heavy atom. The molecule has 0 unspecified atom stereocenters. The quantitative estimate of drug-likeness (QED) is 0.174. The molecule has 0 saturated heterocycles. The van der Waals surface area contributed by atoms with Gasteiger partial charge in [-0.1, -0.05) is 124 Å². The van der Waals surface area contributed by atoms with Crippen LogP contribution in [0.15, 0.2) is 103 Å². The minimum Gasteiger partial charge on any atom is -0.411 e. The van der Waals surface area contributed by atoms with E-state index < -0.39 is 13.9 Å². The molecule has 0 aromatic heterocycles. The van der Waals surface area contributed by atoms with Crippen molar-refractivity contribution in [3.05, 3.63) is 120 Å². The van der Waals surface area contributed by atoms with Crippen LogP contribution in [0.3, 0.4) is 0 Å². The molecule has 35 heavy (non-hydrogen) atoms. The van der Waals surface area contributed by atoms with Gasteiger partial charge in [0.25, 0.3) is 0 Å². The number of aliphatic hydroxyl groups excluding tert-OH is 1. The van der Waals surface area contributed by atoms with Gasteiger partial charge in [0.1, 0.15) is 5.60 Å². The minimum absolute atomic E-state index is 0.0235. The summed E-state index contributed by atoms with van der Waals surface area (Å²) in [5.41, 5.74) is 2.46. The van der Waals surface area contributed by atoms with E-state index in [-0.39, 0.29) is 17.7 Å². The van der Waals surface area contributed by atoms with Crippen LogP contribution >= 0.6 is 0 Å². The van der Waals surface area contributed by atoms with Gasteiger partial charge in [0.15, 0.2) is 8.32 Å². The van der Waals surface area contributed by atoms with E-state index in [9.17, 15) is 5.11 Å². The Labute approximate surface area is 212 Å². The largest absolute Gasteiger partial charge is 0.411 e. The molecule has 0 aliphatic rings. The van der Waals surface area contributed by atoms with Crippen molar-refractivity contribution in [3.8, 4) is 0 Å². The first-order valence-corrected chi connectivity index (χ1v) is 15.4. The lowest BCUT2D eigenvalue weighted by atomic mass is 9.80. The highest BCUT2D eigenvalue weighted by molar-refractivity contribution is 6.74. The predicted molar refractivity (Wildman–Crippen MR) is 148 cm³/mol. The fourth-order valence-corrected chi connectivity index (χ4v) is 5.40. The molecule has 3 aromatic carbocycles. The molecule has 0 fully saturated rings. The third kappa shape index (κ3) is 6.59. The fraction of sp³-hybridized carbons (Fsp3) is 0.355. The summed E-state index contributed by atoms with van der Waals surface area (Å²) in [5, 5.41) is 9.38. The normalized spacial score (nSPS) is 13.8. The van der Waals surface area contributed by atoms with E-state index in [0.717, 1.165) is 16.7 Å². The molecule has 0 amide bonds. The lowest BCUT2D eigenvalue weighted by Crippen LogP contribution is -2.46. The number of hydrogen-bond acceptors (Lipinski definition) is 3. The number of ether oxygens (including phenoxy) is 1. The zero-order valence-electron chi connectivity index (χ0n) is 21.8. The molecule has 1 N–H and O–H groups in total. The molecule has 0 heterocycles. The molecule has 0 saturated carbocycles. The van der Waals surface area contributed by atoms with E-state index in [0.29, 0.717) is 13.0 Å². The molecule has 0 aliphatic carbocycles. The van der Waals surface area contributed by atoms with Gasteiger partial charge >= 0.3 is 0 Å². The van der Waals surface area contributed by atoms with Crippen molar-refractivity contribution < 1.29 is 14.3 Å². The Bertz CT molecular complexity index is 944. The van der Waals surface area contributed by atoms with E-state index in [4.69, 9.17) is 9.16 Å². The smallest absolute Gasteiger partial charge is 0.192 e. The van der Waals surface area contributed by atoms with Gasteiger partial charge < -0.3 is 14.3 Å². The van der Waals surface area contributed by atoms with Gasteiger partial charge in [-0.15, -0.1) is 0 Å². The zero-order chi connectivity index (χ0) is 25.4. The lowest BCUT2D eigenvalue weighted by Gasteiger charge is -2.41. The van der Waals surface area contributed by atoms with Gasteiger partial charge in [0.2, 0.25) is 0 Å². The molecule has 3 aromatic rings. The van der Waals surface area contributed by atoms with E-state index in [1.807, 2.05) is 24.3 Å². The van der Waals surface area contributed by atoms with Crippen LogP contribution in [0.5, 0.6) is 0 Å². The van der Waals surface area contributed by atoms with Crippen molar-refractivity contribution in [2.45, 2.75) is 57.0 Å². The number of hydrogen-bond donors (Lipinski definition) is 1. The molecule has 3 rings (SSSR count). The maximum absolute atomic E-state index is 9.30. The van der Waals surface area contributed by atoms with Crippen LogP contribution < -0.4 is 0 Å². The topological polar surface area (TPSA) is 38.7 Å². The van der Waals surface area contributed by atoms with Gasteiger partial charge in [-0.05, 0) is 41.2 Å². The van der Waals surface area contributed by atoms with E-state index in [2.05, 4.69) is 107 Å². The molecular formula is C31H40O3Si. The van der Waals surface area contributed by atoms with Gasteiger partial charge in [0, 0.05) is 0 Å². The molecule has 0 bridgehead atoms. The predicted octanol–water partition coefficient (Wildman–Crippen LogP) is 7.32. The van der Waals surface area contributed by atoms with Crippen molar-refractivity contribution in [1.29, 1.82) is 0 Å². The van der Waals surface area contributed by atoms with Crippen LogP contribution in [-0.2, 0) is 14.8 Å². The average Bonchev–Trinajstić information content (AvgIpc) is 2.85. The number of rotatable bonds is 11. The summed E-state index contributed by atoms with van der Waals surface area (Å²) < 4.78 is 13.9. The summed E-state index contributed by atoms with van der Waals surface area (Å²) in [6.45, 7) is 11.7.